The molecular weight excluding hydrogens is 212 g/mol. The van der Waals surface area contributed by atoms with Crippen molar-refractivity contribution in [1.82, 2.24) is 5.32 Å². The minimum absolute atomic E-state index is 0.0320. The smallest absolute Gasteiger partial charge is 0.263 e. The Kier molecular flexibility index (Phi) is 3.51. The van der Waals surface area contributed by atoms with Gasteiger partial charge in [-0.1, -0.05) is 24.3 Å². The van der Waals surface area contributed by atoms with E-state index in [0.29, 0.717) is 0 Å². The average Bonchev–Trinajstić information content (AvgIpc) is 2.29. The van der Waals surface area contributed by atoms with Crippen LogP contribution in [0.1, 0.15) is 30.6 Å². The number of alkyl halides is 2. The monoisotopic (exact) mass is 227 g/mol. The second-order valence-corrected chi connectivity index (χ2v) is 4.06. The maximum atomic E-state index is 12.4. The van der Waals surface area contributed by atoms with Gasteiger partial charge in [0.25, 0.3) is 6.43 Å². The molecule has 88 valence electrons. The van der Waals surface area contributed by atoms with E-state index in [2.05, 4.69) is 5.32 Å². The summed E-state index contributed by atoms with van der Waals surface area (Å²) in [6.07, 6.45) is -2.28. The van der Waals surface area contributed by atoms with Crippen LogP contribution in [0.15, 0.2) is 24.3 Å². The lowest BCUT2D eigenvalue weighted by Gasteiger charge is -2.29. The summed E-state index contributed by atoms with van der Waals surface area (Å²) in [7, 11) is 0. The number of hydrogen-bond donors (Lipinski definition) is 1. The van der Waals surface area contributed by atoms with Crippen LogP contribution in [0, 0.1) is 0 Å². The summed E-state index contributed by atoms with van der Waals surface area (Å²) in [5.74, 6) is 0. The summed E-state index contributed by atoms with van der Waals surface area (Å²) in [4.78, 5) is 0. The van der Waals surface area contributed by atoms with Crippen molar-refractivity contribution in [3.05, 3.63) is 35.4 Å². The van der Waals surface area contributed by atoms with Gasteiger partial charge in [0.2, 0.25) is 0 Å². The van der Waals surface area contributed by atoms with E-state index in [1.807, 2.05) is 6.92 Å². The Morgan fingerprint density at radius 1 is 1.25 bits per heavy atom. The van der Waals surface area contributed by atoms with Gasteiger partial charge in [-0.2, -0.15) is 0 Å². The largest absolute Gasteiger partial charge is 0.368 e. The van der Waals surface area contributed by atoms with Crippen molar-refractivity contribution in [3.63, 3.8) is 0 Å². The number of benzene rings is 1. The maximum absolute atomic E-state index is 12.4. The van der Waals surface area contributed by atoms with Crippen molar-refractivity contribution in [2.45, 2.75) is 25.6 Å². The third-order valence-corrected chi connectivity index (χ3v) is 2.72. The Bertz CT molecular complexity index is 339. The first-order chi connectivity index (χ1) is 7.66. The van der Waals surface area contributed by atoms with Crippen LogP contribution >= 0.6 is 0 Å². The van der Waals surface area contributed by atoms with Crippen molar-refractivity contribution >= 4 is 0 Å². The predicted octanol–water partition coefficient (Wildman–Crippen LogP) is 2.67. The molecule has 1 aromatic rings. The molecule has 0 bridgehead atoms. The van der Waals surface area contributed by atoms with Crippen LogP contribution in [0.5, 0.6) is 0 Å². The van der Waals surface area contributed by atoms with E-state index in [4.69, 9.17) is 4.74 Å². The lowest BCUT2D eigenvalue weighted by atomic mass is 10.1. The van der Waals surface area contributed by atoms with Gasteiger partial charge in [-0.05, 0) is 12.5 Å². The number of ether oxygens (including phenoxy) is 1. The van der Waals surface area contributed by atoms with Gasteiger partial charge in [0.15, 0.2) is 0 Å². The zero-order valence-corrected chi connectivity index (χ0v) is 9.12. The zero-order valence-electron chi connectivity index (χ0n) is 9.12. The first kappa shape index (κ1) is 11.5. The van der Waals surface area contributed by atoms with Gasteiger partial charge in [-0.25, -0.2) is 8.78 Å². The molecule has 2 atom stereocenters. The van der Waals surface area contributed by atoms with Crippen molar-refractivity contribution in [2.24, 2.45) is 0 Å². The number of morpholine rings is 1. The third-order valence-electron chi connectivity index (χ3n) is 2.72. The summed E-state index contributed by atoms with van der Waals surface area (Å²) in [6, 6.07) is 6.35. The molecule has 2 rings (SSSR count). The second kappa shape index (κ2) is 4.89. The molecule has 1 fully saturated rings. The van der Waals surface area contributed by atoms with E-state index in [9.17, 15) is 8.78 Å². The highest BCUT2D eigenvalue weighted by molar-refractivity contribution is 5.25. The summed E-state index contributed by atoms with van der Waals surface area (Å²) >= 11 is 0. The van der Waals surface area contributed by atoms with E-state index >= 15 is 0 Å². The van der Waals surface area contributed by atoms with E-state index in [-0.39, 0.29) is 17.8 Å². The first-order valence-electron chi connectivity index (χ1n) is 5.41. The van der Waals surface area contributed by atoms with Gasteiger partial charge >= 0.3 is 0 Å². The molecule has 0 amide bonds. The first-order valence-corrected chi connectivity index (χ1v) is 5.41. The lowest BCUT2D eigenvalue weighted by Crippen LogP contribution is -2.38. The van der Waals surface area contributed by atoms with Crippen LogP contribution < -0.4 is 5.32 Å². The average molecular weight is 227 g/mol. The summed E-state index contributed by atoms with van der Waals surface area (Å²) < 4.78 is 30.4. The van der Waals surface area contributed by atoms with Crippen molar-refractivity contribution in [2.75, 3.05) is 13.1 Å². The van der Waals surface area contributed by atoms with Crippen molar-refractivity contribution in [1.29, 1.82) is 0 Å². The zero-order chi connectivity index (χ0) is 11.5. The number of halogens is 2. The molecular formula is C12H15F2NO. The molecule has 1 aromatic carbocycles. The van der Waals surface area contributed by atoms with Gasteiger partial charge in [0.1, 0.15) is 0 Å². The van der Waals surface area contributed by atoms with E-state index in [1.54, 1.807) is 12.1 Å². The Hall–Kier alpha value is -1.00. The molecule has 1 heterocycles. The summed E-state index contributed by atoms with van der Waals surface area (Å²) in [5, 5.41) is 3.25. The number of rotatable bonds is 2. The highest BCUT2D eigenvalue weighted by atomic mass is 19.3. The molecule has 0 aliphatic carbocycles. The fraction of sp³-hybridized carbons (Fsp3) is 0.500. The molecule has 1 saturated heterocycles. The van der Waals surface area contributed by atoms with Gasteiger partial charge in [-0.15, -0.1) is 0 Å². The van der Waals surface area contributed by atoms with Crippen LogP contribution in [0.3, 0.4) is 0 Å². The topological polar surface area (TPSA) is 21.3 Å². The standard InChI is InChI=1S/C12H15F2NO/c1-8-6-15-7-11(16-8)9-2-4-10(5-3-9)12(13)14/h2-5,8,11-12,15H,6-7H2,1H3. The highest BCUT2D eigenvalue weighted by Crippen LogP contribution is 2.24. The quantitative estimate of drug-likeness (QED) is 0.838. The van der Waals surface area contributed by atoms with Gasteiger partial charge in [-0.3, -0.25) is 0 Å². The van der Waals surface area contributed by atoms with Crippen LogP contribution in [-0.2, 0) is 4.74 Å². The normalized spacial score (nSPS) is 26.0. The summed E-state index contributed by atoms with van der Waals surface area (Å²) in [6.45, 7) is 3.57. The fourth-order valence-corrected chi connectivity index (χ4v) is 1.85. The molecule has 0 spiro atoms. The molecule has 0 aromatic heterocycles. The minimum Gasteiger partial charge on any atom is -0.368 e. The van der Waals surface area contributed by atoms with Gasteiger partial charge < -0.3 is 10.1 Å². The highest BCUT2D eigenvalue weighted by Gasteiger charge is 2.20. The molecule has 1 aliphatic rings. The Labute approximate surface area is 93.6 Å². The molecule has 4 heteroatoms. The Morgan fingerprint density at radius 3 is 2.50 bits per heavy atom. The van der Waals surface area contributed by atoms with E-state index < -0.39 is 6.43 Å². The van der Waals surface area contributed by atoms with Crippen LogP contribution in [0.25, 0.3) is 0 Å². The van der Waals surface area contributed by atoms with Crippen molar-refractivity contribution in [3.8, 4) is 0 Å². The molecule has 16 heavy (non-hydrogen) atoms. The molecule has 0 radical (unpaired) electrons. The second-order valence-electron chi connectivity index (χ2n) is 4.06. The summed E-state index contributed by atoms with van der Waals surface area (Å²) in [5.41, 5.74) is 1.00. The van der Waals surface area contributed by atoms with Crippen LogP contribution in [-0.4, -0.2) is 19.2 Å². The lowest BCUT2D eigenvalue weighted by molar-refractivity contribution is -0.0287. The molecule has 1 N–H and O–H groups in total. The number of nitrogens with one attached hydrogen (secondary N) is 1. The molecule has 2 unspecified atom stereocenters. The van der Waals surface area contributed by atoms with Crippen molar-refractivity contribution < 1.29 is 13.5 Å². The molecule has 2 nitrogen and oxygen atoms in total. The van der Waals surface area contributed by atoms with Gasteiger partial charge in [0.05, 0.1) is 12.2 Å². The molecule has 1 aliphatic heterocycles. The van der Waals surface area contributed by atoms with E-state index in [1.165, 1.54) is 12.1 Å². The van der Waals surface area contributed by atoms with Gasteiger partial charge in [0, 0.05) is 18.7 Å². The van der Waals surface area contributed by atoms with E-state index in [0.717, 1.165) is 18.7 Å². The third kappa shape index (κ3) is 2.57. The Balaban J connectivity index is 2.09. The minimum atomic E-state index is -2.40. The van der Waals surface area contributed by atoms with Crippen LogP contribution in [0.4, 0.5) is 8.78 Å². The number of hydrogen-bond acceptors (Lipinski definition) is 2. The van der Waals surface area contributed by atoms with Crippen LogP contribution in [0.2, 0.25) is 0 Å². The predicted molar refractivity (Wildman–Crippen MR) is 57.6 cm³/mol. The Morgan fingerprint density at radius 2 is 1.94 bits per heavy atom. The molecule has 0 saturated carbocycles. The SMILES string of the molecule is CC1CNCC(c2ccc(C(F)F)cc2)O1. The fourth-order valence-electron chi connectivity index (χ4n) is 1.85. The maximum Gasteiger partial charge on any atom is 0.263 e.